The van der Waals surface area contributed by atoms with Crippen LogP contribution >= 0.6 is 0 Å². The molecule has 3 nitrogen and oxygen atoms in total. The van der Waals surface area contributed by atoms with Crippen molar-refractivity contribution >= 4 is 11.0 Å². The first-order valence-electron chi connectivity index (χ1n) is 7.30. The summed E-state index contributed by atoms with van der Waals surface area (Å²) >= 11 is 0. The fraction of sp³-hybridized carbons (Fsp3) is 0.412. The van der Waals surface area contributed by atoms with Crippen LogP contribution in [0.1, 0.15) is 24.7 Å². The molecule has 0 saturated carbocycles. The standard InChI is InChI=1S/C17H22N2O/c1-13-6-5-9-19(11-13)12-17-15(10-18-2)14-7-3-4-8-16(14)20-17/h3-4,6-8,18H,5,9-12H2,1-2H3. The number of para-hydroxylation sites is 1. The van der Waals surface area contributed by atoms with Crippen LogP contribution in [0.4, 0.5) is 0 Å². The lowest BCUT2D eigenvalue weighted by atomic mass is 10.1. The van der Waals surface area contributed by atoms with Gasteiger partial charge in [0.15, 0.2) is 0 Å². The zero-order valence-electron chi connectivity index (χ0n) is 12.3. The molecule has 20 heavy (non-hydrogen) atoms. The van der Waals surface area contributed by atoms with Crippen molar-refractivity contribution in [2.75, 3.05) is 20.1 Å². The Bertz CT molecular complexity index is 627. The zero-order chi connectivity index (χ0) is 13.9. The summed E-state index contributed by atoms with van der Waals surface area (Å²) in [7, 11) is 1.99. The lowest BCUT2D eigenvalue weighted by Crippen LogP contribution is -2.29. The molecule has 1 aromatic heterocycles. The molecule has 0 fully saturated rings. The van der Waals surface area contributed by atoms with E-state index in [1.165, 1.54) is 16.5 Å². The van der Waals surface area contributed by atoms with E-state index in [1.807, 2.05) is 13.1 Å². The smallest absolute Gasteiger partial charge is 0.134 e. The molecule has 0 spiro atoms. The van der Waals surface area contributed by atoms with Gasteiger partial charge in [-0.25, -0.2) is 0 Å². The van der Waals surface area contributed by atoms with Gasteiger partial charge in [-0.15, -0.1) is 0 Å². The van der Waals surface area contributed by atoms with Crippen molar-refractivity contribution in [3.05, 3.63) is 47.2 Å². The summed E-state index contributed by atoms with van der Waals surface area (Å²) in [6, 6.07) is 8.32. The van der Waals surface area contributed by atoms with E-state index in [0.29, 0.717) is 0 Å². The Morgan fingerprint density at radius 1 is 1.30 bits per heavy atom. The molecule has 106 valence electrons. The zero-order valence-corrected chi connectivity index (χ0v) is 12.3. The summed E-state index contributed by atoms with van der Waals surface area (Å²) in [6.07, 6.45) is 3.48. The minimum Gasteiger partial charge on any atom is -0.459 e. The van der Waals surface area contributed by atoms with Crippen LogP contribution in [0.25, 0.3) is 11.0 Å². The molecular weight excluding hydrogens is 248 g/mol. The van der Waals surface area contributed by atoms with E-state index >= 15 is 0 Å². The highest BCUT2D eigenvalue weighted by Gasteiger charge is 2.17. The van der Waals surface area contributed by atoms with Crippen molar-refractivity contribution in [2.45, 2.75) is 26.4 Å². The van der Waals surface area contributed by atoms with Crippen molar-refractivity contribution in [2.24, 2.45) is 0 Å². The maximum atomic E-state index is 6.09. The first-order chi connectivity index (χ1) is 9.78. The first-order valence-corrected chi connectivity index (χ1v) is 7.30. The van der Waals surface area contributed by atoms with E-state index in [9.17, 15) is 0 Å². The quantitative estimate of drug-likeness (QED) is 0.864. The number of fused-ring (bicyclic) bond motifs is 1. The van der Waals surface area contributed by atoms with E-state index in [-0.39, 0.29) is 0 Å². The number of benzene rings is 1. The molecule has 0 atom stereocenters. The van der Waals surface area contributed by atoms with Crippen molar-refractivity contribution in [3.63, 3.8) is 0 Å². The van der Waals surface area contributed by atoms with Crippen LogP contribution in [0.2, 0.25) is 0 Å². The molecule has 0 amide bonds. The highest BCUT2D eigenvalue weighted by Crippen LogP contribution is 2.27. The van der Waals surface area contributed by atoms with Crippen LogP contribution in [0.3, 0.4) is 0 Å². The van der Waals surface area contributed by atoms with Gasteiger partial charge in [-0.3, -0.25) is 4.90 Å². The second-order valence-corrected chi connectivity index (χ2v) is 5.58. The molecule has 0 bridgehead atoms. The van der Waals surface area contributed by atoms with Gasteiger partial charge in [0.2, 0.25) is 0 Å². The number of furan rings is 1. The molecule has 0 aliphatic carbocycles. The Morgan fingerprint density at radius 2 is 2.15 bits per heavy atom. The van der Waals surface area contributed by atoms with Gasteiger partial charge in [-0.2, -0.15) is 0 Å². The predicted octanol–water partition coefficient (Wildman–Crippen LogP) is 3.30. The molecule has 1 N–H and O–H groups in total. The Morgan fingerprint density at radius 3 is 2.95 bits per heavy atom. The van der Waals surface area contributed by atoms with E-state index in [0.717, 1.165) is 43.9 Å². The average Bonchev–Trinajstić information content (AvgIpc) is 2.77. The SMILES string of the molecule is CNCc1c(CN2CCC=C(C)C2)oc2ccccc12. The second kappa shape index (κ2) is 5.81. The van der Waals surface area contributed by atoms with Crippen LogP contribution < -0.4 is 5.32 Å². The molecule has 2 heterocycles. The lowest BCUT2D eigenvalue weighted by molar-refractivity contribution is 0.259. The Balaban J connectivity index is 1.90. The van der Waals surface area contributed by atoms with Gasteiger partial charge in [0, 0.05) is 30.6 Å². The third-order valence-electron chi connectivity index (χ3n) is 3.91. The molecule has 0 saturated heterocycles. The number of hydrogen-bond donors (Lipinski definition) is 1. The van der Waals surface area contributed by atoms with Crippen LogP contribution in [0, 0.1) is 0 Å². The molecule has 0 radical (unpaired) electrons. The van der Waals surface area contributed by atoms with Gasteiger partial charge in [0.25, 0.3) is 0 Å². The van der Waals surface area contributed by atoms with Gasteiger partial charge >= 0.3 is 0 Å². The lowest BCUT2D eigenvalue weighted by Gasteiger charge is -2.25. The van der Waals surface area contributed by atoms with Gasteiger partial charge in [0.1, 0.15) is 11.3 Å². The van der Waals surface area contributed by atoms with Crippen molar-refractivity contribution in [3.8, 4) is 0 Å². The third kappa shape index (κ3) is 2.65. The van der Waals surface area contributed by atoms with Gasteiger partial charge in [-0.05, 0) is 26.5 Å². The minimum absolute atomic E-state index is 0.856. The summed E-state index contributed by atoms with van der Waals surface area (Å²) < 4.78 is 6.09. The highest BCUT2D eigenvalue weighted by atomic mass is 16.3. The maximum Gasteiger partial charge on any atom is 0.134 e. The fourth-order valence-electron chi connectivity index (χ4n) is 2.98. The predicted molar refractivity (Wildman–Crippen MR) is 82.6 cm³/mol. The minimum atomic E-state index is 0.856. The van der Waals surface area contributed by atoms with E-state index < -0.39 is 0 Å². The Kier molecular flexibility index (Phi) is 3.90. The van der Waals surface area contributed by atoms with Gasteiger partial charge < -0.3 is 9.73 Å². The van der Waals surface area contributed by atoms with E-state index in [2.05, 4.69) is 41.4 Å². The number of nitrogens with zero attached hydrogens (tertiary/aromatic N) is 1. The molecule has 3 rings (SSSR count). The van der Waals surface area contributed by atoms with Crippen LogP contribution in [0.15, 0.2) is 40.3 Å². The fourth-order valence-corrected chi connectivity index (χ4v) is 2.98. The van der Waals surface area contributed by atoms with Crippen LogP contribution in [-0.2, 0) is 13.1 Å². The van der Waals surface area contributed by atoms with Crippen molar-refractivity contribution in [1.29, 1.82) is 0 Å². The van der Waals surface area contributed by atoms with Crippen LogP contribution in [-0.4, -0.2) is 25.0 Å². The third-order valence-corrected chi connectivity index (χ3v) is 3.91. The Labute approximate surface area is 120 Å². The van der Waals surface area contributed by atoms with E-state index in [1.54, 1.807) is 0 Å². The summed E-state index contributed by atoms with van der Waals surface area (Å²) in [5.74, 6) is 1.11. The molecule has 2 aromatic rings. The number of hydrogen-bond acceptors (Lipinski definition) is 3. The summed E-state index contributed by atoms with van der Waals surface area (Å²) in [5.41, 5.74) is 3.76. The maximum absolute atomic E-state index is 6.09. The highest BCUT2D eigenvalue weighted by molar-refractivity contribution is 5.82. The molecule has 1 aromatic carbocycles. The van der Waals surface area contributed by atoms with Crippen LogP contribution in [0.5, 0.6) is 0 Å². The monoisotopic (exact) mass is 270 g/mol. The number of rotatable bonds is 4. The first kappa shape index (κ1) is 13.4. The average molecular weight is 270 g/mol. The van der Waals surface area contributed by atoms with Gasteiger partial charge in [-0.1, -0.05) is 29.8 Å². The molecular formula is C17H22N2O. The molecule has 0 unspecified atom stereocenters. The summed E-state index contributed by atoms with van der Waals surface area (Å²) in [6.45, 7) is 6.13. The number of nitrogens with one attached hydrogen (secondary N) is 1. The summed E-state index contributed by atoms with van der Waals surface area (Å²) in [4.78, 5) is 2.46. The topological polar surface area (TPSA) is 28.4 Å². The van der Waals surface area contributed by atoms with Crippen molar-refractivity contribution in [1.82, 2.24) is 10.2 Å². The van der Waals surface area contributed by atoms with Gasteiger partial charge in [0.05, 0.1) is 6.54 Å². The largest absolute Gasteiger partial charge is 0.459 e. The summed E-state index contributed by atoms with van der Waals surface area (Å²) in [5, 5.41) is 4.50. The molecule has 3 heteroatoms. The second-order valence-electron chi connectivity index (χ2n) is 5.58. The van der Waals surface area contributed by atoms with E-state index in [4.69, 9.17) is 4.42 Å². The molecule has 1 aliphatic rings. The normalized spacial score (nSPS) is 16.6. The van der Waals surface area contributed by atoms with Crippen molar-refractivity contribution < 1.29 is 4.42 Å². The molecule has 1 aliphatic heterocycles. The Hall–Kier alpha value is -1.58.